The molecule has 3 heterocycles. The molecule has 0 saturated carbocycles. The van der Waals surface area contributed by atoms with Gasteiger partial charge in [-0.15, -0.1) is 13.2 Å². The number of likely N-dealkylation sites (tertiary alicyclic amines) is 1. The maximum atomic E-state index is 12.4. The van der Waals surface area contributed by atoms with E-state index >= 15 is 0 Å². The van der Waals surface area contributed by atoms with Crippen LogP contribution < -0.4 is 4.74 Å². The Labute approximate surface area is 205 Å². The standard InChI is InChI=1S/C25H21Cl2F3N2O2/c26-18-11-17(12-19(27)13-18)23-21-5-8-31-14-22(21)24(34-23)6-9-32(10-7-24)15-16-1-3-20(4-2-16)33-25(28,29)30/h1-5,8,11-14,23H,6-7,9-10,15H2. The van der Waals surface area contributed by atoms with Gasteiger partial charge in [0.05, 0.1) is 5.60 Å². The van der Waals surface area contributed by atoms with Crippen LogP contribution in [0.2, 0.25) is 10.0 Å². The molecule has 1 unspecified atom stereocenters. The van der Waals surface area contributed by atoms with Crippen LogP contribution in [-0.2, 0) is 16.9 Å². The molecule has 3 aromatic rings. The zero-order valence-electron chi connectivity index (χ0n) is 18.0. The zero-order valence-corrected chi connectivity index (χ0v) is 19.5. The van der Waals surface area contributed by atoms with Gasteiger partial charge < -0.3 is 9.47 Å². The molecule has 34 heavy (non-hydrogen) atoms. The lowest BCUT2D eigenvalue weighted by atomic mass is 9.84. The molecule has 178 valence electrons. The van der Waals surface area contributed by atoms with Crippen molar-refractivity contribution >= 4 is 23.2 Å². The van der Waals surface area contributed by atoms with Crippen molar-refractivity contribution in [3.05, 3.63) is 93.2 Å². The summed E-state index contributed by atoms with van der Waals surface area (Å²) in [6.07, 6.45) is 0.223. The number of pyridine rings is 1. The number of benzene rings is 2. The molecule has 0 bridgehead atoms. The van der Waals surface area contributed by atoms with Crippen LogP contribution >= 0.6 is 23.2 Å². The van der Waals surface area contributed by atoms with Gasteiger partial charge in [-0.3, -0.25) is 9.88 Å². The van der Waals surface area contributed by atoms with E-state index in [1.807, 2.05) is 24.4 Å². The second-order valence-electron chi connectivity index (χ2n) is 8.63. The molecule has 1 spiro atoms. The largest absolute Gasteiger partial charge is 0.573 e. The van der Waals surface area contributed by atoms with E-state index in [0.29, 0.717) is 16.6 Å². The number of fused-ring (bicyclic) bond motifs is 2. The van der Waals surface area contributed by atoms with Gasteiger partial charge >= 0.3 is 6.36 Å². The van der Waals surface area contributed by atoms with Gasteiger partial charge in [0.1, 0.15) is 11.9 Å². The first kappa shape index (κ1) is 23.4. The summed E-state index contributed by atoms with van der Waals surface area (Å²) in [6, 6.07) is 13.5. The highest BCUT2D eigenvalue weighted by molar-refractivity contribution is 6.34. The van der Waals surface area contributed by atoms with Crippen LogP contribution in [0.4, 0.5) is 13.2 Å². The molecule has 1 saturated heterocycles. The molecule has 2 aliphatic heterocycles. The smallest absolute Gasteiger partial charge is 0.406 e. The maximum absolute atomic E-state index is 12.4. The van der Waals surface area contributed by atoms with Crippen molar-refractivity contribution < 1.29 is 22.6 Å². The molecule has 0 amide bonds. The van der Waals surface area contributed by atoms with Crippen LogP contribution in [0.5, 0.6) is 5.75 Å². The molecule has 2 aliphatic rings. The minimum Gasteiger partial charge on any atom is -0.406 e. The molecule has 4 nitrogen and oxygen atoms in total. The van der Waals surface area contributed by atoms with Gasteiger partial charge in [0.15, 0.2) is 0 Å². The molecule has 1 aromatic heterocycles. The minimum absolute atomic E-state index is 0.218. The third-order valence-corrected chi connectivity index (χ3v) is 6.82. The van der Waals surface area contributed by atoms with Crippen molar-refractivity contribution in [1.82, 2.24) is 9.88 Å². The van der Waals surface area contributed by atoms with E-state index in [4.69, 9.17) is 27.9 Å². The van der Waals surface area contributed by atoms with Gasteiger partial charge in [0.25, 0.3) is 0 Å². The summed E-state index contributed by atoms with van der Waals surface area (Å²) >= 11 is 12.5. The number of aromatic nitrogens is 1. The Balaban J connectivity index is 1.29. The molecule has 2 aromatic carbocycles. The number of piperidine rings is 1. The lowest BCUT2D eigenvalue weighted by Gasteiger charge is -2.39. The fourth-order valence-corrected chi connectivity index (χ4v) is 5.40. The van der Waals surface area contributed by atoms with Crippen molar-refractivity contribution in [3.63, 3.8) is 0 Å². The molecule has 1 atom stereocenters. The first-order valence-electron chi connectivity index (χ1n) is 10.9. The lowest BCUT2D eigenvalue weighted by Crippen LogP contribution is -2.42. The average Bonchev–Trinajstić information content (AvgIpc) is 3.10. The lowest BCUT2D eigenvalue weighted by molar-refractivity contribution is -0.274. The third kappa shape index (κ3) is 4.89. The topological polar surface area (TPSA) is 34.6 Å². The molecular weight excluding hydrogens is 488 g/mol. The Hall–Kier alpha value is -2.32. The number of hydrogen-bond donors (Lipinski definition) is 0. The molecular formula is C25H21Cl2F3N2O2. The van der Waals surface area contributed by atoms with E-state index in [0.717, 1.165) is 48.2 Å². The van der Waals surface area contributed by atoms with Crippen molar-refractivity contribution in [1.29, 1.82) is 0 Å². The summed E-state index contributed by atoms with van der Waals surface area (Å²) in [5.41, 5.74) is 3.53. The highest BCUT2D eigenvalue weighted by atomic mass is 35.5. The van der Waals surface area contributed by atoms with E-state index < -0.39 is 12.0 Å². The first-order valence-corrected chi connectivity index (χ1v) is 11.6. The average molecular weight is 509 g/mol. The van der Waals surface area contributed by atoms with Crippen LogP contribution in [0.3, 0.4) is 0 Å². The van der Waals surface area contributed by atoms with Crippen molar-refractivity contribution in [2.75, 3.05) is 13.1 Å². The van der Waals surface area contributed by atoms with Crippen LogP contribution in [0.25, 0.3) is 0 Å². The fraction of sp³-hybridized carbons (Fsp3) is 0.320. The summed E-state index contributed by atoms with van der Waals surface area (Å²) in [6.45, 7) is 2.19. The molecule has 9 heteroatoms. The molecule has 0 radical (unpaired) electrons. The number of hydrogen-bond acceptors (Lipinski definition) is 4. The Morgan fingerprint density at radius 2 is 1.71 bits per heavy atom. The van der Waals surface area contributed by atoms with Crippen LogP contribution in [0.1, 0.15) is 41.2 Å². The van der Waals surface area contributed by atoms with E-state index in [-0.39, 0.29) is 11.9 Å². The van der Waals surface area contributed by atoms with Crippen molar-refractivity contribution in [3.8, 4) is 5.75 Å². The van der Waals surface area contributed by atoms with Crippen LogP contribution in [0.15, 0.2) is 60.9 Å². The van der Waals surface area contributed by atoms with E-state index in [1.54, 1.807) is 24.4 Å². The first-order chi connectivity index (χ1) is 16.2. The Morgan fingerprint density at radius 3 is 2.35 bits per heavy atom. The van der Waals surface area contributed by atoms with Crippen molar-refractivity contribution in [2.45, 2.75) is 37.5 Å². The van der Waals surface area contributed by atoms with Gasteiger partial charge in [-0.2, -0.15) is 0 Å². The predicted octanol–water partition coefficient (Wildman–Crippen LogP) is 6.90. The number of halogens is 5. The zero-order chi connectivity index (χ0) is 23.9. The summed E-state index contributed by atoms with van der Waals surface area (Å²) in [5, 5.41) is 1.12. The quantitative estimate of drug-likeness (QED) is 0.384. The predicted molar refractivity (Wildman–Crippen MR) is 123 cm³/mol. The van der Waals surface area contributed by atoms with Gasteiger partial charge in [0, 0.05) is 47.6 Å². The van der Waals surface area contributed by atoms with Crippen LogP contribution in [-0.4, -0.2) is 29.3 Å². The number of rotatable bonds is 4. The molecule has 1 fully saturated rings. The number of ether oxygens (including phenoxy) is 2. The van der Waals surface area contributed by atoms with E-state index in [2.05, 4.69) is 14.6 Å². The summed E-state index contributed by atoms with van der Waals surface area (Å²) in [4.78, 5) is 6.62. The van der Waals surface area contributed by atoms with Gasteiger partial charge in [-0.05, 0) is 65.9 Å². The van der Waals surface area contributed by atoms with E-state index in [9.17, 15) is 13.2 Å². The second kappa shape index (κ2) is 9.04. The molecule has 0 aliphatic carbocycles. The Morgan fingerprint density at radius 1 is 1.03 bits per heavy atom. The minimum atomic E-state index is -4.69. The summed E-state index contributed by atoms with van der Waals surface area (Å²) in [5.74, 6) is -0.218. The Kier molecular flexibility index (Phi) is 6.23. The van der Waals surface area contributed by atoms with Gasteiger partial charge in [0.2, 0.25) is 0 Å². The summed E-state index contributed by atoms with van der Waals surface area (Å²) < 4.78 is 47.8. The third-order valence-electron chi connectivity index (χ3n) is 6.39. The van der Waals surface area contributed by atoms with E-state index in [1.165, 1.54) is 12.1 Å². The molecule has 0 N–H and O–H groups in total. The molecule has 5 rings (SSSR count). The highest BCUT2D eigenvalue weighted by Crippen LogP contribution is 2.51. The SMILES string of the molecule is FC(F)(F)Oc1ccc(CN2CCC3(CC2)OC(c2cc(Cl)cc(Cl)c2)c2ccncc23)cc1. The monoisotopic (exact) mass is 508 g/mol. The van der Waals surface area contributed by atoms with Gasteiger partial charge in [-0.1, -0.05) is 35.3 Å². The number of nitrogens with zero attached hydrogens (tertiary/aromatic N) is 2. The maximum Gasteiger partial charge on any atom is 0.573 e. The van der Waals surface area contributed by atoms with Crippen molar-refractivity contribution in [2.24, 2.45) is 0 Å². The highest BCUT2D eigenvalue weighted by Gasteiger charge is 2.47. The van der Waals surface area contributed by atoms with Crippen LogP contribution in [0, 0.1) is 0 Å². The second-order valence-corrected chi connectivity index (χ2v) is 9.50. The number of alkyl halides is 3. The van der Waals surface area contributed by atoms with Gasteiger partial charge in [-0.25, -0.2) is 0 Å². The normalized spacial score (nSPS) is 19.9. The summed E-state index contributed by atoms with van der Waals surface area (Å²) in [7, 11) is 0. The Bertz CT molecular complexity index is 1160. The fourth-order valence-electron chi connectivity index (χ4n) is 4.86.